The molecule has 0 saturated carbocycles. The minimum atomic E-state index is -0.184. The molecule has 1 heterocycles. The second kappa shape index (κ2) is 6.91. The van der Waals surface area contributed by atoms with E-state index in [-0.39, 0.29) is 23.8 Å². The number of hydrogen-bond acceptors (Lipinski definition) is 6. The van der Waals surface area contributed by atoms with Gasteiger partial charge >= 0.3 is 0 Å². The minimum Gasteiger partial charge on any atom is -0.508 e. The van der Waals surface area contributed by atoms with Gasteiger partial charge in [-0.25, -0.2) is 4.98 Å². The molecule has 4 N–H and O–H groups in total. The van der Waals surface area contributed by atoms with Gasteiger partial charge in [-0.2, -0.15) is 5.26 Å². The molecule has 0 unspecified atom stereocenters. The largest absolute Gasteiger partial charge is 0.508 e. The van der Waals surface area contributed by atoms with Crippen LogP contribution in [-0.2, 0) is 6.54 Å². The van der Waals surface area contributed by atoms with Gasteiger partial charge in [0, 0.05) is 11.1 Å². The lowest BCUT2D eigenvalue weighted by atomic mass is 10.1. The number of thiazole rings is 1. The number of nitrogens with zero attached hydrogens (tertiary/aromatic N) is 3. The third-order valence-corrected chi connectivity index (χ3v) is 4.64. The number of nitriles is 1. The van der Waals surface area contributed by atoms with Crippen molar-refractivity contribution in [3.8, 4) is 22.4 Å². The molecule has 1 aromatic heterocycles. The summed E-state index contributed by atoms with van der Waals surface area (Å²) in [6.45, 7) is 7.23. The monoisotopic (exact) mass is 347 g/mol. The van der Waals surface area contributed by atoms with Crippen LogP contribution in [-0.4, -0.2) is 10.1 Å². The van der Waals surface area contributed by atoms with E-state index in [0.29, 0.717) is 5.56 Å². The van der Waals surface area contributed by atoms with Gasteiger partial charge in [-0.15, -0.1) is 11.3 Å². The summed E-state index contributed by atoms with van der Waals surface area (Å²) in [5, 5.41) is 22.5. The molecule has 0 atom stereocenters. The van der Waals surface area contributed by atoms with E-state index in [9.17, 15) is 5.11 Å². The van der Waals surface area contributed by atoms with E-state index in [1.54, 1.807) is 29.5 Å². The van der Waals surface area contributed by atoms with Crippen LogP contribution in [0.5, 0.6) is 5.75 Å². The number of aromatic nitrogens is 1. The van der Waals surface area contributed by atoms with Gasteiger partial charge in [0.1, 0.15) is 22.5 Å². The Hall–Kier alpha value is -3.55. The number of aromatic hydroxyl groups is 1. The highest BCUT2D eigenvalue weighted by Gasteiger charge is 2.11. The zero-order chi connectivity index (χ0) is 17.8. The maximum Gasteiger partial charge on any atom is 0.257 e. The van der Waals surface area contributed by atoms with Crippen molar-refractivity contribution < 1.29 is 5.11 Å². The number of fused-ring (bicyclic) bond motifs is 1. The maximum absolute atomic E-state index is 10.1. The van der Waals surface area contributed by atoms with Crippen LogP contribution in [0.1, 0.15) is 5.56 Å². The third kappa shape index (κ3) is 3.37. The molecule has 122 valence electrons. The number of allylic oxidation sites excluding steroid dienone is 1. The van der Waals surface area contributed by atoms with Gasteiger partial charge in [-0.3, -0.25) is 0 Å². The first-order chi connectivity index (χ1) is 12.1. The molecule has 0 bridgehead atoms. The van der Waals surface area contributed by atoms with Gasteiger partial charge in [0.2, 0.25) is 0 Å². The Labute approximate surface area is 148 Å². The van der Waals surface area contributed by atoms with Crippen LogP contribution in [0.4, 0.5) is 0 Å². The fraction of sp³-hybridized carbons (Fsp3) is 0.0556. The molecule has 0 saturated heterocycles. The average molecular weight is 347 g/mol. The predicted molar refractivity (Wildman–Crippen MR) is 97.0 cm³/mol. The molecule has 0 aliphatic rings. The Morgan fingerprint density at radius 3 is 2.88 bits per heavy atom. The smallest absolute Gasteiger partial charge is 0.257 e. The topological polar surface area (TPSA) is 99.3 Å². The molecule has 0 amide bonds. The summed E-state index contributed by atoms with van der Waals surface area (Å²) >= 11 is 1.57. The summed E-state index contributed by atoms with van der Waals surface area (Å²) in [5.41, 5.74) is 7.67. The van der Waals surface area contributed by atoms with E-state index < -0.39 is 0 Å². The van der Waals surface area contributed by atoms with E-state index in [2.05, 4.69) is 15.1 Å². The summed E-state index contributed by atoms with van der Waals surface area (Å²) in [4.78, 5) is 7.79. The number of para-hydroxylation sites is 1. The van der Waals surface area contributed by atoms with Crippen LogP contribution in [0.3, 0.4) is 0 Å². The van der Waals surface area contributed by atoms with Gasteiger partial charge in [0.25, 0.3) is 5.82 Å². The zero-order valence-electron chi connectivity index (χ0n) is 13.0. The molecule has 0 fully saturated rings. The van der Waals surface area contributed by atoms with E-state index in [0.717, 1.165) is 20.8 Å². The molecule has 0 radical (unpaired) electrons. The Balaban J connectivity index is 1.91. The molecule has 2 aromatic carbocycles. The predicted octanol–water partition coefficient (Wildman–Crippen LogP) is 3.33. The molecule has 3 rings (SSSR count). The van der Waals surface area contributed by atoms with Crippen molar-refractivity contribution in [3.05, 3.63) is 71.0 Å². The summed E-state index contributed by atoms with van der Waals surface area (Å²) in [6, 6.07) is 14.8. The highest BCUT2D eigenvalue weighted by Crippen LogP contribution is 2.32. The second-order valence-electron chi connectivity index (χ2n) is 5.17. The van der Waals surface area contributed by atoms with Gasteiger partial charge < -0.3 is 21.0 Å². The molecule has 25 heavy (non-hydrogen) atoms. The Morgan fingerprint density at radius 1 is 1.36 bits per heavy atom. The molecular weight excluding hydrogens is 334 g/mol. The van der Waals surface area contributed by atoms with Crippen molar-refractivity contribution in [2.75, 3.05) is 0 Å². The van der Waals surface area contributed by atoms with Crippen molar-refractivity contribution >= 4 is 21.6 Å². The number of rotatable bonds is 4. The molecular formula is C18H13N5OS. The first-order valence-corrected chi connectivity index (χ1v) is 8.13. The highest BCUT2D eigenvalue weighted by molar-refractivity contribution is 7.21. The van der Waals surface area contributed by atoms with E-state index >= 15 is 0 Å². The standard InChI is InChI=1S/C18H13N5OS/c1-21-17(13(20)9-19)22-10-12-8-11(6-7-15(12)24)18-23-14-4-2-3-5-16(14)25-18/h2-8,22,24H,10,20H2/b17-13-. The number of hydrogen-bond donors (Lipinski definition) is 3. The van der Waals surface area contributed by atoms with Gasteiger partial charge in [0.05, 0.1) is 16.8 Å². The SMILES string of the molecule is [C-]#[N+]/C(NCc1cc(-c2nc3ccccc3s2)ccc1O)=C(/N)C#N. The van der Waals surface area contributed by atoms with Crippen molar-refractivity contribution in [2.24, 2.45) is 5.73 Å². The number of nitrogens with one attached hydrogen (secondary N) is 1. The minimum absolute atomic E-state index is 0.0349. The third-order valence-electron chi connectivity index (χ3n) is 3.55. The second-order valence-corrected chi connectivity index (χ2v) is 6.20. The fourth-order valence-corrected chi connectivity index (χ4v) is 3.24. The van der Waals surface area contributed by atoms with Crippen molar-refractivity contribution in [2.45, 2.75) is 6.54 Å². The van der Waals surface area contributed by atoms with Gasteiger partial charge in [-0.05, 0) is 30.3 Å². The lowest BCUT2D eigenvalue weighted by Gasteiger charge is -2.07. The van der Waals surface area contributed by atoms with Crippen LogP contribution < -0.4 is 11.1 Å². The quantitative estimate of drug-likeness (QED) is 0.496. The molecule has 6 nitrogen and oxygen atoms in total. The first-order valence-electron chi connectivity index (χ1n) is 7.31. The van der Waals surface area contributed by atoms with Crippen LogP contribution in [0.2, 0.25) is 0 Å². The summed E-state index contributed by atoms with van der Waals surface area (Å²) in [6.07, 6.45) is 0. The number of phenols is 1. The normalized spacial score (nSPS) is 11.4. The fourth-order valence-electron chi connectivity index (χ4n) is 2.28. The van der Waals surface area contributed by atoms with Crippen LogP contribution >= 0.6 is 11.3 Å². The van der Waals surface area contributed by atoms with Crippen LogP contribution in [0.15, 0.2) is 54.0 Å². The first kappa shape index (κ1) is 16.3. The Morgan fingerprint density at radius 2 is 2.16 bits per heavy atom. The van der Waals surface area contributed by atoms with E-state index in [1.807, 2.05) is 30.3 Å². The molecule has 0 spiro atoms. The van der Waals surface area contributed by atoms with Crippen LogP contribution in [0.25, 0.3) is 25.6 Å². The lowest BCUT2D eigenvalue weighted by Crippen LogP contribution is -2.15. The molecule has 7 heteroatoms. The van der Waals surface area contributed by atoms with Gasteiger partial charge in [0.15, 0.2) is 0 Å². The Bertz CT molecular complexity index is 1020. The molecule has 0 aliphatic carbocycles. The van der Waals surface area contributed by atoms with E-state index in [4.69, 9.17) is 17.6 Å². The zero-order valence-corrected chi connectivity index (χ0v) is 13.8. The van der Waals surface area contributed by atoms with Crippen LogP contribution in [0, 0.1) is 17.9 Å². The summed E-state index contributed by atoms with van der Waals surface area (Å²) in [7, 11) is 0. The molecule has 0 aliphatic heterocycles. The summed E-state index contributed by atoms with van der Waals surface area (Å²) in [5.74, 6) is 0.0597. The number of nitrogens with two attached hydrogens (primary N) is 1. The summed E-state index contributed by atoms with van der Waals surface area (Å²) < 4.78 is 1.09. The highest BCUT2D eigenvalue weighted by atomic mass is 32.1. The van der Waals surface area contributed by atoms with Crippen molar-refractivity contribution in [1.29, 1.82) is 5.26 Å². The van der Waals surface area contributed by atoms with Gasteiger partial charge in [-0.1, -0.05) is 18.7 Å². The number of benzene rings is 2. The maximum atomic E-state index is 10.1. The average Bonchev–Trinajstić information content (AvgIpc) is 3.07. The molecule has 3 aromatic rings. The lowest BCUT2D eigenvalue weighted by molar-refractivity contribution is 0.466. The number of phenolic OH excluding ortho intramolecular Hbond substituents is 1. The van der Waals surface area contributed by atoms with Crippen molar-refractivity contribution in [3.63, 3.8) is 0 Å². The van der Waals surface area contributed by atoms with E-state index in [1.165, 1.54) is 0 Å². The van der Waals surface area contributed by atoms with Crippen molar-refractivity contribution in [1.82, 2.24) is 10.3 Å². The Kier molecular flexibility index (Phi) is 4.51.